The molecular weight excluding hydrogens is 262 g/mol. The molecule has 3 N–H and O–H groups in total. The van der Waals surface area contributed by atoms with Crippen molar-refractivity contribution in [3.05, 3.63) is 0 Å². The van der Waals surface area contributed by atoms with E-state index in [-0.39, 0.29) is 18.3 Å². The van der Waals surface area contributed by atoms with Crippen molar-refractivity contribution in [1.82, 2.24) is 10.2 Å². The third-order valence-corrected chi connectivity index (χ3v) is 3.94. The Balaban J connectivity index is 0.00000324. The highest BCUT2D eigenvalue weighted by Gasteiger charge is 2.25. The number of carbonyl (C=O) groups excluding carboxylic acids is 1. The van der Waals surface area contributed by atoms with Crippen LogP contribution in [0.2, 0.25) is 0 Å². The lowest BCUT2D eigenvalue weighted by Gasteiger charge is -2.38. The molecule has 1 unspecified atom stereocenters. The normalized spacial score (nSPS) is 19.0. The number of hydrogen-bond acceptors (Lipinski definition) is 3. The topological polar surface area (TPSA) is 58.4 Å². The number of rotatable bonds is 6. The fourth-order valence-electron chi connectivity index (χ4n) is 2.58. The van der Waals surface area contributed by atoms with Crippen LogP contribution in [-0.4, -0.2) is 43.0 Å². The number of nitrogens with zero attached hydrogens (tertiary/aromatic N) is 1. The van der Waals surface area contributed by atoms with Gasteiger partial charge in [-0.1, -0.05) is 20.8 Å². The first-order chi connectivity index (χ1) is 8.54. The number of carbonyl (C=O) groups is 1. The van der Waals surface area contributed by atoms with Gasteiger partial charge in [-0.15, -0.1) is 12.4 Å². The molecule has 1 saturated heterocycles. The second kappa shape index (κ2) is 9.56. The lowest BCUT2D eigenvalue weighted by atomic mass is 9.94. The molecule has 1 amide bonds. The summed E-state index contributed by atoms with van der Waals surface area (Å²) in [4.78, 5) is 14.0. The largest absolute Gasteiger partial charge is 0.354 e. The maximum absolute atomic E-state index is 11.5. The van der Waals surface area contributed by atoms with Gasteiger partial charge in [0.25, 0.3) is 0 Å². The Kier molecular flexibility index (Phi) is 9.40. The summed E-state index contributed by atoms with van der Waals surface area (Å²) >= 11 is 0. The van der Waals surface area contributed by atoms with Crippen molar-refractivity contribution < 1.29 is 4.79 Å². The third kappa shape index (κ3) is 6.59. The zero-order valence-electron chi connectivity index (χ0n) is 12.5. The van der Waals surface area contributed by atoms with Crippen molar-refractivity contribution in [2.45, 2.75) is 46.1 Å². The van der Waals surface area contributed by atoms with Gasteiger partial charge in [0.05, 0.1) is 0 Å². The van der Waals surface area contributed by atoms with Crippen LogP contribution in [0.5, 0.6) is 0 Å². The van der Waals surface area contributed by atoms with Gasteiger partial charge in [0.2, 0.25) is 5.91 Å². The number of nitrogens with two attached hydrogens (primary N) is 1. The summed E-state index contributed by atoms with van der Waals surface area (Å²) in [7, 11) is 0. The van der Waals surface area contributed by atoms with Crippen LogP contribution in [-0.2, 0) is 4.79 Å². The second-order valence-corrected chi connectivity index (χ2v) is 5.87. The Morgan fingerprint density at radius 3 is 2.42 bits per heavy atom. The first-order valence-electron chi connectivity index (χ1n) is 7.25. The Morgan fingerprint density at radius 2 is 1.95 bits per heavy atom. The van der Waals surface area contributed by atoms with Gasteiger partial charge >= 0.3 is 0 Å². The molecule has 0 bridgehead atoms. The zero-order chi connectivity index (χ0) is 13.5. The maximum atomic E-state index is 11.5. The highest BCUT2D eigenvalue weighted by molar-refractivity contribution is 5.85. The van der Waals surface area contributed by atoms with Gasteiger partial charge in [0, 0.05) is 25.6 Å². The first-order valence-corrected chi connectivity index (χ1v) is 7.25. The van der Waals surface area contributed by atoms with Gasteiger partial charge in [-0.25, -0.2) is 0 Å². The van der Waals surface area contributed by atoms with Gasteiger partial charge in [0.15, 0.2) is 0 Å². The molecule has 1 heterocycles. The van der Waals surface area contributed by atoms with Crippen LogP contribution in [0.4, 0.5) is 0 Å². The van der Waals surface area contributed by atoms with E-state index in [2.05, 4.69) is 31.0 Å². The van der Waals surface area contributed by atoms with Gasteiger partial charge in [-0.3, -0.25) is 9.69 Å². The average Bonchev–Trinajstić information content (AvgIpc) is 2.31. The Hall–Kier alpha value is -0.320. The zero-order valence-corrected chi connectivity index (χ0v) is 13.3. The van der Waals surface area contributed by atoms with Gasteiger partial charge in [-0.2, -0.15) is 0 Å². The molecule has 19 heavy (non-hydrogen) atoms. The fourth-order valence-corrected chi connectivity index (χ4v) is 2.58. The molecule has 1 atom stereocenters. The van der Waals surface area contributed by atoms with E-state index in [0.29, 0.717) is 24.9 Å². The van der Waals surface area contributed by atoms with Crippen LogP contribution < -0.4 is 11.1 Å². The highest BCUT2D eigenvalue weighted by atomic mass is 35.5. The molecule has 0 aromatic heterocycles. The Morgan fingerprint density at radius 1 is 1.37 bits per heavy atom. The number of piperidine rings is 1. The van der Waals surface area contributed by atoms with Crippen molar-refractivity contribution >= 4 is 18.3 Å². The van der Waals surface area contributed by atoms with E-state index in [1.165, 1.54) is 12.8 Å². The molecule has 1 rings (SSSR count). The number of hydrogen-bond donors (Lipinski definition) is 2. The molecule has 0 radical (unpaired) electrons. The van der Waals surface area contributed by atoms with Gasteiger partial charge in [0.1, 0.15) is 0 Å². The van der Waals surface area contributed by atoms with E-state index < -0.39 is 0 Å². The minimum Gasteiger partial charge on any atom is -0.354 e. The lowest BCUT2D eigenvalue weighted by molar-refractivity contribution is -0.121. The monoisotopic (exact) mass is 291 g/mol. The van der Waals surface area contributed by atoms with E-state index in [4.69, 9.17) is 5.73 Å². The summed E-state index contributed by atoms with van der Waals surface area (Å²) in [6.07, 6.45) is 2.99. The third-order valence-electron chi connectivity index (χ3n) is 3.94. The van der Waals surface area contributed by atoms with Crippen molar-refractivity contribution in [3.8, 4) is 0 Å². The van der Waals surface area contributed by atoms with E-state index in [0.717, 1.165) is 25.6 Å². The molecule has 0 aromatic rings. The van der Waals surface area contributed by atoms with E-state index in [1.807, 2.05) is 0 Å². The minimum atomic E-state index is 0. The van der Waals surface area contributed by atoms with E-state index >= 15 is 0 Å². The summed E-state index contributed by atoms with van der Waals surface area (Å²) in [6.45, 7) is 10.3. The summed E-state index contributed by atoms with van der Waals surface area (Å²) in [5, 5.41) is 3.01. The van der Waals surface area contributed by atoms with Crippen LogP contribution in [0.15, 0.2) is 0 Å². The summed E-state index contributed by atoms with van der Waals surface area (Å²) < 4.78 is 0. The molecule has 0 spiro atoms. The molecule has 0 aliphatic carbocycles. The molecule has 114 valence electrons. The summed E-state index contributed by atoms with van der Waals surface area (Å²) in [6, 6.07) is 0.458. The van der Waals surface area contributed by atoms with Crippen molar-refractivity contribution in [3.63, 3.8) is 0 Å². The van der Waals surface area contributed by atoms with Crippen molar-refractivity contribution in [2.24, 2.45) is 17.6 Å². The number of likely N-dealkylation sites (tertiary alicyclic amines) is 1. The number of amides is 1. The van der Waals surface area contributed by atoms with Crippen LogP contribution in [0, 0.1) is 11.8 Å². The average molecular weight is 292 g/mol. The molecule has 0 saturated carbocycles. The van der Waals surface area contributed by atoms with Crippen LogP contribution in [0.25, 0.3) is 0 Å². The molecule has 4 nitrogen and oxygen atoms in total. The van der Waals surface area contributed by atoms with Crippen LogP contribution in [0.3, 0.4) is 0 Å². The molecule has 5 heteroatoms. The molecule has 1 aliphatic heterocycles. The molecule has 1 fully saturated rings. The standard InChI is InChI=1S/C14H29N3O.ClH/c1-11(2)13(10-16-14(18)4-7-15)17-8-5-12(3)6-9-17;/h11-13H,4-10,15H2,1-3H3,(H,16,18);1H. The molecule has 1 aliphatic rings. The first kappa shape index (κ1) is 18.7. The van der Waals surface area contributed by atoms with Crippen molar-refractivity contribution in [2.75, 3.05) is 26.2 Å². The van der Waals surface area contributed by atoms with Gasteiger partial charge in [-0.05, 0) is 37.8 Å². The number of halogens is 1. The summed E-state index contributed by atoms with van der Waals surface area (Å²) in [5.41, 5.74) is 5.38. The number of nitrogens with one attached hydrogen (secondary N) is 1. The quantitative estimate of drug-likeness (QED) is 0.782. The predicted molar refractivity (Wildman–Crippen MR) is 82.5 cm³/mol. The maximum Gasteiger partial charge on any atom is 0.221 e. The SMILES string of the molecule is CC1CCN(C(CNC(=O)CCN)C(C)C)CC1.Cl. The summed E-state index contributed by atoms with van der Waals surface area (Å²) in [5.74, 6) is 1.49. The van der Waals surface area contributed by atoms with E-state index in [9.17, 15) is 4.79 Å². The van der Waals surface area contributed by atoms with Crippen molar-refractivity contribution in [1.29, 1.82) is 0 Å². The highest BCUT2D eigenvalue weighted by Crippen LogP contribution is 2.20. The fraction of sp³-hybridized carbons (Fsp3) is 0.929. The Bertz CT molecular complexity index is 253. The smallest absolute Gasteiger partial charge is 0.221 e. The predicted octanol–water partition coefficient (Wildman–Crippen LogP) is 1.63. The minimum absolute atomic E-state index is 0. The van der Waals surface area contributed by atoms with Crippen LogP contribution >= 0.6 is 12.4 Å². The van der Waals surface area contributed by atoms with E-state index in [1.54, 1.807) is 0 Å². The molecular formula is C14H30ClN3O. The lowest BCUT2D eigenvalue weighted by Crippen LogP contribution is -2.49. The van der Waals surface area contributed by atoms with Crippen LogP contribution in [0.1, 0.15) is 40.0 Å². The molecule has 0 aromatic carbocycles. The Labute approximate surface area is 123 Å². The van der Waals surface area contributed by atoms with Gasteiger partial charge < -0.3 is 11.1 Å². The second-order valence-electron chi connectivity index (χ2n) is 5.87.